The van der Waals surface area contributed by atoms with Crippen LogP contribution in [0.15, 0.2) is 18.2 Å². The second-order valence-electron chi connectivity index (χ2n) is 4.26. The average Bonchev–Trinajstić information content (AvgIpc) is 2.28. The molecule has 1 aliphatic rings. The Morgan fingerprint density at radius 3 is 3.00 bits per heavy atom. The van der Waals surface area contributed by atoms with Crippen LogP contribution in [-0.2, 0) is 6.42 Å². The van der Waals surface area contributed by atoms with E-state index in [4.69, 9.17) is 11.5 Å². The second kappa shape index (κ2) is 4.21. The summed E-state index contributed by atoms with van der Waals surface area (Å²) >= 11 is 0. The quantitative estimate of drug-likeness (QED) is 0.758. The van der Waals surface area contributed by atoms with E-state index in [-0.39, 0.29) is 6.04 Å². The smallest absolute Gasteiger partial charge is 0.0419 e. The third-order valence-electron chi connectivity index (χ3n) is 3.14. The molecule has 0 fully saturated rings. The fourth-order valence-electron chi connectivity index (χ4n) is 2.17. The van der Waals surface area contributed by atoms with E-state index in [1.54, 1.807) is 0 Å². The fourth-order valence-corrected chi connectivity index (χ4v) is 2.17. The highest BCUT2D eigenvalue weighted by molar-refractivity contribution is 5.56. The molecule has 1 heterocycles. The molecule has 0 aliphatic carbocycles. The maximum Gasteiger partial charge on any atom is 0.0419 e. The lowest BCUT2D eigenvalue weighted by Crippen LogP contribution is -2.26. The minimum Gasteiger partial charge on any atom is -0.374 e. The fraction of sp³-hybridized carbons (Fsp3) is 0.500. The first-order valence-corrected chi connectivity index (χ1v) is 5.52. The molecule has 15 heavy (non-hydrogen) atoms. The van der Waals surface area contributed by atoms with Crippen molar-refractivity contribution in [3.8, 4) is 0 Å². The van der Waals surface area contributed by atoms with Crippen LogP contribution >= 0.6 is 0 Å². The topological polar surface area (TPSA) is 55.3 Å². The summed E-state index contributed by atoms with van der Waals surface area (Å²) in [6.45, 7) is 1.66. The molecule has 0 spiro atoms. The van der Waals surface area contributed by atoms with E-state index < -0.39 is 0 Å². The summed E-state index contributed by atoms with van der Waals surface area (Å²) in [7, 11) is 2.14. The van der Waals surface area contributed by atoms with Crippen molar-refractivity contribution in [2.24, 2.45) is 11.5 Å². The van der Waals surface area contributed by atoms with Gasteiger partial charge in [0.2, 0.25) is 0 Å². The molecule has 82 valence electrons. The maximum absolute atomic E-state index is 5.92. The summed E-state index contributed by atoms with van der Waals surface area (Å²) in [6, 6.07) is 6.45. The van der Waals surface area contributed by atoms with Gasteiger partial charge in [-0.1, -0.05) is 12.1 Å². The van der Waals surface area contributed by atoms with Gasteiger partial charge in [-0.3, -0.25) is 0 Å². The summed E-state index contributed by atoms with van der Waals surface area (Å²) in [5.74, 6) is 0. The van der Waals surface area contributed by atoms with Crippen LogP contribution in [0.3, 0.4) is 0 Å². The van der Waals surface area contributed by atoms with Gasteiger partial charge in [-0.25, -0.2) is 0 Å². The van der Waals surface area contributed by atoms with Crippen molar-refractivity contribution in [2.45, 2.75) is 18.9 Å². The summed E-state index contributed by atoms with van der Waals surface area (Å²) in [4.78, 5) is 2.30. The Kier molecular flexibility index (Phi) is 2.93. The highest BCUT2D eigenvalue weighted by Gasteiger charge is 2.14. The largest absolute Gasteiger partial charge is 0.374 e. The Balaban J connectivity index is 2.33. The zero-order valence-electron chi connectivity index (χ0n) is 9.24. The van der Waals surface area contributed by atoms with Gasteiger partial charge in [-0.05, 0) is 30.0 Å². The molecule has 0 radical (unpaired) electrons. The van der Waals surface area contributed by atoms with Crippen LogP contribution < -0.4 is 16.4 Å². The molecular weight excluding hydrogens is 186 g/mol. The van der Waals surface area contributed by atoms with E-state index in [2.05, 4.69) is 30.1 Å². The van der Waals surface area contributed by atoms with Crippen molar-refractivity contribution < 1.29 is 0 Å². The van der Waals surface area contributed by atoms with Crippen LogP contribution in [0.25, 0.3) is 0 Å². The number of benzene rings is 1. The minimum atomic E-state index is -0.0254. The van der Waals surface area contributed by atoms with Crippen molar-refractivity contribution in [1.82, 2.24) is 0 Å². The zero-order valence-corrected chi connectivity index (χ0v) is 9.24. The Bertz CT molecular complexity index is 349. The number of nitrogens with zero attached hydrogens (tertiary/aromatic N) is 1. The van der Waals surface area contributed by atoms with Crippen LogP contribution in [0.4, 0.5) is 5.69 Å². The lowest BCUT2D eigenvalue weighted by molar-refractivity contribution is 0.719. The number of anilines is 1. The standard InChI is InChI=1S/C12H19N3/c1-15-6-2-3-10-7-9(11(14)8-13)4-5-12(10)15/h4-5,7,11H,2-3,6,8,13-14H2,1H3. The van der Waals surface area contributed by atoms with Gasteiger partial charge in [-0.2, -0.15) is 0 Å². The van der Waals surface area contributed by atoms with E-state index >= 15 is 0 Å². The maximum atomic E-state index is 5.92. The van der Waals surface area contributed by atoms with Crippen molar-refractivity contribution in [2.75, 3.05) is 25.0 Å². The van der Waals surface area contributed by atoms with E-state index in [1.165, 1.54) is 17.7 Å². The van der Waals surface area contributed by atoms with E-state index in [1.807, 2.05) is 0 Å². The van der Waals surface area contributed by atoms with Gasteiger partial charge in [-0.15, -0.1) is 0 Å². The molecule has 0 amide bonds. The van der Waals surface area contributed by atoms with Crippen LogP contribution in [0, 0.1) is 0 Å². The van der Waals surface area contributed by atoms with Crippen molar-refractivity contribution >= 4 is 5.69 Å². The molecule has 0 bridgehead atoms. The van der Waals surface area contributed by atoms with Gasteiger partial charge in [0.25, 0.3) is 0 Å². The number of hydrogen-bond donors (Lipinski definition) is 2. The van der Waals surface area contributed by atoms with E-state index in [0.717, 1.165) is 18.5 Å². The predicted molar refractivity (Wildman–Crippen MR) is 64.0 cm³/mol. The molecule has 1 aliphatic heterocycles. The molecule has 0 saturated carbocycles. The average molecular weight is 205 g/mol. The molecule has 4 N–H and O–H groups in total. The van der Waals surface area contributed by atoms with E-state index in [0.29, 0.717) is 6.54 Å². The summed E-state index contributed by atoms with van der Waals surface area (Å²) < 4.78 is 0. The Morgan fingerprint density at radius 2 is 2.27 bits per heavy atom. The number of nitrogens with two attached hydrogens (primary N) is 2. The number of rotatable bonds is 2. The Labute approximate surface area is 91.1 Å². The van der Waals surface area contributed by atoms with Crippen LogP contribution in [0.1, 0.15) is 23.6 Å². The van der Waals surface area contributed by atoms with Crippen LogP contribution in [0.2, 0.25) is 0 Å². The molecule has 1 aromatic carbocycles. The molecule has 1 atom stereocenters. The van der Waals surface area contributed by atoms with Gasteiger partial charge in [0, 0.05) is 31.9 Å². The first-order valence-electron chi connectivity index (χ1n) is 5.52. The minimum absolute atomic E-state index is 0.0254. The normalized spacial score (nSPS) is 17.4. The number of fused-ring (bicyclic) bond motifs is 1. The summed E-state index contributed by atoms with van der Waals surface area (Å²) in [5.41, 5.74) is 15.4. The van der Waals surface area contributed by atoms with Gasteiger partial charge in [0.1, 0.15) is 0 Å². The monoisotopic (exact) mass is 205 g/mol. The molecule has 3 heteroatoms. The SMILES string of the molecule is CN1CCCc2cc(C(N)CN)ccc21. The molecule has 0 aromatic heterocycles. The molecule has 0 saturated heterocycles. The molecular formula is C12H19N3. The van der Waals surface area contributed by atoms with E-state index in [9.17, 15) is 0 Å². The third-order valence-corrected chi connectivity index (χ3v) is 3.14. The Morgan fingerprint density at radius 1 is 1.47 bits per heavy atom. The highest BCUT2D eigenvalue weighted by atomic mass is 15.1. The van der Waals surface area contributed by atoms with Gasteiger partial charge in [0.15, 0.2) is 0 Å². The van der Waals surface area contributed by atoms with Crippen LogP contribution in [-0.4, -0.2) is 20.1 Å². The van der Waals surface area contributed by atoms with Gasteiger partial charge < -0.3 is 16.4 Å². The highest BCUT2D eigenvalue weighted by Crippen LogP contribution is 2.28. The van der Waals surface area contributed by atoms with Crippen molar-refractivity contribution in [3.05, 3.63) is 29.3 Å². The number of aryl methyl sites for hydroxylation is 1. The second-order valence-corrected chi connectivity index (χ2v) is 4.26. The third kappa shape index (κ3) is 1.98. The molecule has 1 unspecified atom stereocenters. The lowest BCUT2D eigenvalue weighted by Gasteiger charge is -2.28. The number of hydrogen-bond acceptors (Lipinski definition) is 3. The molecule has 1 aromatic rings. The van der Waals surface area contributed by atoms with Crippen molar-refractivity contribution in [1.29, 1.82) is 0 Å². The first-order chi connectivity index (χ1) is 7.22. The Hall–Kier alpha value is -1.06. The predicted octanol–water partition coefficient (Wildman–Crippen LogP) is 1.03. The lowest BCUT2D eigenvalue weighted by atomic mass is 9.97. The van der Waals surface area contributed by atoms with Crippen molar-refractivity contribution in [3.63, 3.8) is 0 Å². The summed E-state index contributed by atoms with van der Waals surface area (Å²) in [5, 5.41) is 0. The zero-order chi connectivity index (χ0) is 10.8. The first kappa shape index (κ1) is 10.5. The summed E-state index contributed by atoms with van der Waals surface area (Å²) in [6.07, 6.45) is 2.38. The molecule has 3 nitrogen and oxygen atoms in total. The van der Waals surface area contributed by atoms with Gasteiger partial charge >= 0.3 is 0 Å². The van der Waals surface area contributed by atoms with Crippen LogP contribution in [0.5, 0.6) is 0 Å². The molecule has 2 rings (SSSR count). The van der Waals surface area contributed by atoms with Gasteiger partial charge in [0.05, 0.1) is 0 Å².